The molecule has 0 aromatic heterocycles. The number of rotatable bonds is 0. The van der Waals surface area contributed by atoms with Gasteiger partial charge >= 0.3 is 0 Å². The maximum Gasteiger partial charge on any atom is -0.0313 e. The lowest BCUT2D eigenvalue weighted by molar-refractivity contribution is 0.760. The minimum Gasteiger partial charge on any atom is -0.0885 e. The molecule has 0 nitrogen and oxygen atoms in total. The molecular weight excluding hydrogens is 168 g/mol. The van der Waals surface area contributed by atoms with Crippen LogP contribution in [0.5, 0.6) is 0 Å². The molecule has 0 atom stereocenters. The quantitative estimate of drug-likeness (QED) is 0.489. The number of hydrogen-bond acceptors (Lipinski definition) is 0. The van der Waals surface area contributed by atoms with E-state index in [0.29, 0.717) is 0 Å². The third kappa shape index (κ3) is 6.47. The average molecular weight is 188 g/mol. The first kappa shape index (κ1) is 11.0. The summed E-state index contributed by atoms with van der Waals surface area (Å²) in [6.07, 6.45) is 25.0. The van der Waals surface area contributed by atoms with Gasteiger partial charge in [0.25, 0.3) is 0 Å². The Hall–Kier alpha value is -1.04. The SMILES string of the molecule is C1=CCCC=CCCCCC=C/C=C\1. The second-order valence-electron chi connectivity index (χ2n) is 3.57. The van der Waals surface area contributed by atoms with Crippen LogP contribution in [-0.4, -0.2) is 0 Å². The molecule has 0 amide bonds. The van der Waals surface area contributed by atoms with E-state index in [-0.39, 0.29) is 0 Å². The van der Waals surface area contributed by atoms with Crippen molar-refractivity contribution in [2.24, 2.45) is 0 Å². The van der Waals surface area contributed by atoms with Crippen molar-refractivity contribution >= 4 is 0 Å². The van der Waals surface area contributed by atoms with Crippen molar-refractivity contribution in [3.8, 4) is 0 Å². The highest BCUT2D eigenvalue weighted by Gasteiger charge is 1.83. The van der Waals surface area contributed by atoms with Crippen LogP contribution >= 0.6 is 0 Å². The summed E-state index contributed by atoms with van der Waals surface area (Å²) in [4.78, 5) is 0. The van der Waals surface area contributed by atoms with Crippen LogP contribution in [0.2, 0.25) is 0 Å². The van der Waals surface area contributed by atoms with Gasteiger partial charge < -0.3 is 0 Å². The summed E-state index contributed by atoms with van der Waals surface area (Å²) in [5, 5.41) is 0. The van der Waals surface area contributed by atoms with Crippen LogP contribution in [0.1, 0.15) is 38.5 Å². The minimum atomic E-state index is 1.16. The summed E-state index contributed by atoms with van der Waals surface area (Å²) in [7, 11) is 0. The molecular formula is C14H20. The lowest BCUT2D eigenvalue weighted by atomic mass is 10.1. The molecule has 0 heterocycles. The minimum absolute atomic E-state index is 1.16. The Morgan fingerprint density at radius 1 is 0.429 bits per heavy atom. The summed E-state index contributed by atoms with van der Waals surface area (Å²) < 4.78 is 0. The fourth-order valence-corrected chi connectivity index (χ4v) is 1.43. The van der Waals surface area contributed by atoms with Crippen molar-refractivity contribution < 1.29 is 0 Å². The van der Waals surface area contributed by atoms with Crippen molar-refractivity contribution in [1.82, 2.24) is 0 Å². The van der Waals surface area contributed by atoms with E-state index in [1.165, 1.54) is 32.1 Å². The number of allylic oxidation sites excluding steroid dienone is 8. The Balaban J connectivity index is 2.35. The van der Waals surface area contributed by atoms with Gasteiger partial charge in [0.05, 0.1) is 0 Å². The summed E-state index contributed by atoms with van der Waals surface area (Å²) in [6, 6.07) is 0. The van der Waals surface area contributed by atoms with Gasteiger partial charge in [0.1, 0.15) is 0 Å². The largest absolute Gasteiger partial charge is 0.0885 e. The summed E-state index contributed by atoms with van der Waals surface area (Å²) in [6.45, 7) is 0. The van der Waals surface area contributed by atoms with E-state index in [0.717, 1.165) is 6.42 Å². The van der Waals surface area contributed by atoms with Crippen LogP contribution in [0.3, 0.4) is 0 Å². The van der Waals surface area contributed by atoms with Crippen LogP contribution in [0.4, 0.5) is 0 Å². The molecule has 1 aliphatic rings. The lowest BCUT2D eigenvalue weighted by Crippen LogP contribution is -1.73. The molecule has 0 heteroatoms. The molecule has 1 rings (SSSR count). The third-order valence-electron chi connectivity index (χ3n) is 2.26. The highest BCUT2D eigenvalue weighted by Crippen LogP contribution is 2.03. The first-order valence-corrected chi connectivity index (χ1v) is 5.63. The van der Waals surface area contributed by atoms with Crippen LogP contribution in [0.15, 0.2) is 48.6 Å². The Kier molecular flexibility index (Phi) is 6.74. The molecule has 0 unspecified atom stereocenters. The van der Waals surface area contributed by atoms with Gasteiger partial charge in [-0.05, 0) is 38.5 Å². The summed E-state index contributed by atoms with van der Waals surface area (Å²) >= 11 is 0. The van der Waals surface area contributed by atoms with Crippen molar-refractivity contribution in [3.63, 3.8) is 0 Å². The molecule has 0 bridgehead atoms. The molecule has 0 saturated carbocycles. The monoisotopic (exact) mass is 188 g/mol. The van der Waals surface area contributed by atoms with Gasteiger partial charge in [-0.1, -0.05) is 48.6 Å². The zero-order valence-electron chi connectivity index (χ0n) is 8.86. The second-order valence-corrected chi connectivity index (χ2v) is 3.57. The van der Waals surface area contributed by atoms with E-state index in [4.69, 9.17) is 0 Å². The van der Waals surface area contributed by atoms with Crippen molar-refractivity contribution in [1.29, 1.82) is 0 Å². The highest BCUT2D eigenvalue weighted by molar-refractivity contribution is 5.11. The first-order chi connectivity index (χ1) is 7.00. The lowest BCUT2D eigenvalue weighted by Gasteiger charge is -1.93. The smallest absolute Gasteiger partial charge is 0.0313 e. The van der Waals surface area contributed by atoms with E-state index < -0.39 is 0 Å². The van der Waals surface area contributed by atoms with Gasteiger partial charge in [-0.15, -0.1) is 0 Å². The van der Waals surface area contributed by atoms with Crippen LogP contribution in [-0.2, 0) is 0 Å². The topological polar surface area (TPSA) is 0 Å². The van der Waals surface area contributed by atoms with Crippen LogP contribution < -0.4 is 0 Å². The van der Waals surface area contributed by atoms with Crippen LogP contribution in [0, 0.1) is 0 Å². The molecule has 0 aromatic carbocycles. The van der Waals surface area contributed by atoms with E-state index >= 15 is 0 Å². The normalized spacial score (nSPS) is 21.7. The van der Waals surface area contributed by atoms with E-state index in [1.807, 2.05) is 0 Å². The third-order valence-corrected chi connectivity index (χ3v) is 2.26. The van der Waals surface area contributed by atoms with Crippen LogP contribution in [0.25, 0.3) is 0 Å². The molecule has 14 heavy (non-hydrogen) atoms. The fourth-order valence-electron chi connectivity index (χ4n) is 1.43. The Morgan fingerprint density at radius 3 is 1.71 bits per heavy atom. The van der Waals surface area contributed by atoms with E-state index in [9.17, 15) is 0 Å². The van der Waals surface area contributed by atoms with Crippen molar-refractivity contribution in [3.05, 3.63) is 48.6 Å². The molecule has 0 spiro atoms. The average Bonchev–Trinajstić information content (AvgIpc) is 2.22. The fraction of sp³-hybridized carbons (Fsp3) is 0.429. The Morgan fingerprint density at radius 2 is 0.929 bits per heavy atom. The van der Waals surface area contributed by atoms with Crippen molar-refractivity contribution in [2.45, 2.75) is 38.5 Å². The second kappa shape index (κ2) is 8.55. The zero-order valence-corrected chi connectivity index (χ0v) is 8.86. The number of hydrogen-bond donors (Lipinski definition) is 0. The van der Waals surface area contributed by atoms with Gasteiger partial charge in [-0.25, -0.2) is 0 Å². The first-order valence-electron chi connectivity index (χ1n) is 5.63. The summed E-state index contributed by atoms with van der Waals surface area (Å²) in [5.74, 6) is 0. The van der Waals surface area contributed by atoms with Gasteiger partial charge in [-0.3, -0.25) is 0 Å². The predicted octanol–water partition coefficient (Wildman–Crippen LogP) is 4.57. The van der Waals surface area contributed by atoms with Gasteiger partial charge in [0.2, 0.25) is 0 Å². The standard InChI is InChI=1S/C14H20/c1-2-4-6-8-10-12-14-13-11-9-7-5-3-1/h1-6,11,13H,7-10,12,14H2/b2-1-,5-3?,6-4?,13-11?. The van der Waals surface area contributed by atoms with Gasteiger partial charge in [0, 0.05) is 0 Å². The summed E-state index contributed by atoms with van der Waals surface area (Å²) in [5.41, 5.74) is 0. The predicted molar refractivity (Wildman–Crippen MR) is 64.3 cm³/mol. The zero-order chi connectivity index (χ0) is 9.90. The molecule has 0 radical (unpaired) electrons. The molecule has 0 aromatic rings. The highest BCUT2D eigenvalue weighted by atomic mass is 13.9. The maximum atomic E-state index is 2.32. The van der Waals surface area contributed by atoms with E-state index in [1.54, 1.807) is 0 Å². The molecule has 0 N–H and O–H groups in total. The Labute approximate surface area is 87.7 Å². The molecule has 0 saturated heterocycles. The van der Waals surface area contributed by atoms with Gasteiger partial charge in [-0.2, -0.15) is 0 Å². The molecule has 1 aliphatic carbocycles. The molecule has 76 valence electrons. The van der Waals surface area contributed by atoms with Gasteiger partial charge in [0.15, 0.2) is 0 Å². The van der Waals surface area contributed by atoms with E-state index in [2.05, 4.69) is 48.6 Å². The Bertz CT molecular complexity index is 228. The molecule has 0 fully saturated rings. The van der Waals surface area contributed by atoms with Crippen molar-refractivity contribution in [2.75, 3.05) is 0 Å². The molecule has 0 aliphatic heterocycles. The maximum absolute atomic E-state index is 2.32.